The van der Waals surface area contributed by atoms with Crippen molar-refractivity contribution in [2.75, 3.05) is 5.32 Å². The molecule has 94 valence electrons. The molecule has 1 unspecified atom stereocenters. The molecule has 3 rings (SSSR count). The average Bonchev–Trinajstić information content (AvgIpc) is 2.69. The standard InChI is InChI=1S/C16H20N2/c1-16(2)11-5-8-14(16)18-15-10-9-12-6-3-4-7-13(12)17-15/h3-4,6-7,9-10,14H,5,8,11H2,1-2H3,(H,17,18). The predicted molar refractivity (Wildman–Crippen MR) is 76.8 cm³/mol. The molecule has 0 saturated heterocycles. The summed E-state index contributed by atoms with van der Waals surface area (Å²) in [7, 11) is 0. The van der Waals surface area contributed by atoms with E-state index in [2.05, 4.69) is 49.5 Å². The minimum absolute atomic E-state index is 0.382. The molecule has 18 heavy (non-hydrogen) atoms. The third-order valence-corrected chi connectivity index (χ3v) is 4.18. The molecule has 0 spiro atoms. The van der Waals surface area contributed by atoms with Crippen LogP contribution in [0.1, 0.15) is 33.1 Å². The highest BCUT2D eigenvalue weighted by Gasteiger charge is 2.34. The number of fused-ring (bicyclic) bond motifs is 1. The summed E-state index contributed by atoms with van der Waals surface area (Å²) in [6, 6.07) is 13.1. The summed E-state index contributed by atoms with van der Waals surface area (Å²) < 4.78 is 0. The van der Waals surface area contributed by atoms with Crippen LogP contribution in [0.15, 0.2) is 36.4 Å². The van der Waals surface area contributed by atoms with Gasteiger partial charge in [-0.2, -0.15) is 0 Å². The fraction of sp³-hybridized carbons (Fsp3) is 0.438. The van der Waals surface area contributed by atoms with Crippen LogP contribution < -0.4 is 5.32 Å². The van der Waals surface area contributed by atoms with Crippen LogP contribution >= 0.6 is 0 Å². The number of para-hydroxylation sites is 1. The van der Waals surface area contributed by atoms with Gasteiger partial charge in [0.25, 0.3) is 0 Å². The number of hydrogen-bond donors (Lipinski definition) is 1. The number of pyridine rings is 1. The fourth-order valence-electron chi connectivity index (χ4n) is 2.92. The summed E-state index contributed by atoms with van der Waals surface area (Å²) in [4.78, 5) is 4.69. The first kappa shape index (κ1) is 11.5. The Balaban J connectivity index is 1.87. The number of benzene rings is 1. The molecule has 2 nitrogen and oxygen atoms in total. The van der Waals surface area contributed by atoms with Gasteiger partial charge in [0.2, 0.25) is 0 Å². The highest BCUT2D eigenvalue weighted by atomic mass is 15.0. The summed E-state index contributed by atoms with van der Waals surface area (Å²) in [6.07, 6.45) is 3.87. The minimum atomic E-state index is 0.382. The topological polar surface area (TPSA) is 24.9 Å². The van der Waals surface area contributed by atoms with Crippen molar-refractivity contribution in [3.63, 3.8) is 0 Å². The third-order valence-electron chi connectivity index (χ3n) is 4.18. The van der Waals surface area contributed by atoms with Gasteiger partial charge < -0.3 is 5.32 Å². The largest absolute Gasteiger partial charge is 0.367 e. The van der Waals surface area contributed by atoms with Crippen molar-refractivity contribution in [2.24, 2.45) is 5.41 Å². The highest BCUT2D eigenvalue weighted by molar-refractivity contribution is 5.80. The highest BCUT2D eigenvalue weighted by Crippen LogP contribution is 2.38. The molecule has 0 bridgehead atoms. The Kier molecular flexibility index (Phi) is 2.73. The van der Waals surface area contributed by atoms with Gasteiger partial charge in [0.1, 0.15) is 5.82 Å². The third kappa shape index (κ3) is 2.07. The van der Waals surface area contributed by atoms with Crippen LogP contribution in [0, 0.1) is 5.41 Å². The Morgan fingerprint density at radius 1 is 1.17 bits per heavy atom. The van der Waals surface area contributed by atoms with Gasteiger partial charge in [-0.1, -0.05) is 38.5 Å². The van der Waals surface area contributed by atoms with E-state index in [9.17, 15) is 0 Å². The van der Waals surface area contributed by atoms with E-state index >= 15 is 0 Å². The maximum Gasteiger partial charge on any atom is 0.126 e. The number of hydrogen-bond acceptors (Lipinski definition) is 2. The first-order chi connectivity index (χ1) is 8.65. The average molecular weight is 240 g/mol. The molecule has 1 fully saturated rings. The van der Waals surface area contributed by atoms with E-state index in [-0.39, 0.29) is 0 Å². The van der Waals surface area contributed by atoms with E-state index in [0.29, 0.717) is 11.5 Å². The number of nitrogens with one attached hydrogen (secondary N) is 1. The molecule has 1 atom stereocenters. The number of nitrogens with zero attached hydrogens (tertiary/aromatic N) is 1. The van der Waals surface area contributed by atoms with Crippen molar-refractivity contribution >= 4 is 16.7 Å². The molecule has 0 aliphatic heterocycles. The Hall–Kier alpha value is -1.57. The zero-order chi connectivity index (χ0) is 12.6. The van der Waals surface area contributed by atoms with Crippen molar-refractivity contribution in [3.8, 4) is 0 Å². The van der Waals surface area contributed by atoms with Crippen molar-refractivity contribution < 1.29 is 0 Å². The van der Waals surface area contributed by atoms with Crippen molar-refractivity contribution in [2.45, 2.75) is 39.2 Å². The lowest BCUT2D eigenvalue weighted by atomic mass is 9.87. The SMILES string of the molecule is CC1(C)CCCC1Nc1ccc2ccccc2n1. The lowest BCUT2D eigenvalue weighted by Gasteiger charge is -2.28. The molecule has 1 aliphatic rings. The summed E-state index contributed by atoms with van der Waals surface area (Å²) in [5.41, 5.74) is 1.45. The van der Waals surface area contributed by atoms with Crippen molar-refractivity contribution in [1.29, 1.82) is 0 Å². The molecule has 1 aliphatic carbocycles. The molecular formula is C16H20N2. The second-order valence-electron chi connectivity index (χ2n) is 5.97. The van der Waals surface area contributed by atoms with Crippen LogP contribution in [0.2, 0.25) is 0 Å². The summed E-state index contributed by atoms with van der Waals surface area (Å²) in [6.45, 7) is 4.69. The second-order valence-corrected chi connectivity index (χ2v) is 5.97. The second kappa shape index (κ2) is 4.27. The van der Waals surface area contributed by atoms with Crippen molar-refractivity contribution in [1.82, 2.24) is 4.98 Å². The van der Waals surface area contributed by atoms with Crippen LogP contribution in [0.4, 0.5) is 5.82 Å². The number of anilines is 1. The Labute approximate surface area is 108 Å². The smallest absolute Gasteiger partial charge is 0.126 e. The van der Waals surface area contributed by atoms with Crippen LogP contribution in [0.5, 0.6) is 0 Å². The molecule has 2 heteroatoms. The molecule has 1 aromatic carbocycles. The number of rotatable bonds is 2. The summed E-state index contributed by atoms with van der Waals surface area (Å²) >= 11 is 0. The lowest BCUT2D eigenvalue weighted by molar-refractivity contribution is 0.349. The molecule has 1 heterocycles. The quantitative estimate of drug-likeness (QED) is 0.850. The zero-order valence-electron chi connectivity index (χ0n) is 11.1. The fourth-order valence-corrected chi connectivity index (χ4v) is 2.92. The van der Waals surface area contributed by atoms with Crippen LogP contribution in [-0.2, 0) is 0 Å². The van der Waals surface area contributed by atoms with Crippen LogP contribution in [0.3, 0.4) is 0 Å². The van der Waals surface area contributed by atoms with E-state index in [1.807, 2.05) is 6.07 Å². The van der Waals surface area contributed by atoms with E-state index in [4.69, 9.17) is 4.98 Å². The minimum Gasteiger partial charge on any atom is -0.367 e. The van der Waals surface area contributed by atoms with E-state index in [0.717, 1.165) is 11.3 Å². The lowest BCUT2D eigenvalue weighted by Crippen LogP contribution is -2.31. The Bertz CT molecular complexity index is 560. The summed E-state index contributed by atoms with van der Waals surface area (Å²) in [5, 5.41) is 4.81. The van der Waals surface area contributed by atoms with Gasteiger partial charge in [0.05, 0.1) is 5.52 Å². The molecule has 0 radical (unpaired) electrons. The van der Waals surface area contributed by atoms with E-state index < -0.39 is 0 Å². The monoisotopic (exact) mass is 240 g/mol. The number of aromatic nitrogens is 1. The van der Waals surface area contributed by atoms with Gasteiger partial charge in [-0.3, -0.25) is 0 Å². The molecule has 1 aromatic heterocycles. The maximum atomic E-state index is 4.69. The first-order valence-corrected chi connectivity index (χ1v) is 6.77. The van der Waals surface area contributed by atoms with Crippen LogP contribution in [0.25, 0.3) is 10.9 Å². The van der Waals surface area contributed by atoms with Crippen LogP contribution in [-0.4, -0.2) is 11.0 Å². The maximum absolute atomic E-state index is 4.69. The molecule has 2 aromatic rings. The molecule has 1 N–H and O–H groups in total. The molecular weight excluding hydrogens is 220 g/mol. The Morgan fingerprint density at radius 2 is 2.00 bits per heavy atom. The normalized spacial score (nSPS) is 22.2. The van der Waals surface area contributed by atoms with E-state index in [1.165, 1.54) is 24.6 Å². The van der Waals surface area contributed by atoms with Gasteiger partial charge in [-0.05, 0) is 36.5 Å². The summed E-state index contributed by atoms with van der Waals surface area (Å²) in [5.74, 6) is 1.01. The van der Waals surface area contributed by atoms with Gasteiger partial charge >= 0.3 is 0 Å². The van der Waals surface area contributed by atoms with Gasteiger partial charge in [0, 0.05) is 11.4 Å². The molecule has 0 amide bonds. The zero-order valence-corrected chi connectivity index (χ0v) is 11.1. The van der Waals surface area contributed by atoms with Crippen molar-refractivity contribution in [3.05, 3.63) is 36.4 Å². The van der Waals surface area contributed by atoms with E-state index in [1.54, 1.807) is 0 Å². The first-order valence-electron chi connectivity index (χ1n) is 6.77. The van der Waals surface area contributed by atoms with Gasteiger partial charge in [0.15, 0.2) is 0 Å². The Morgan fingerprint density at radius 3 is 2.78 bits per heavy atom. The van der Waals surface area contributed by atoms with Gasteiger partial charge in [-0.25, -0.2) is 4.98 Å². The predicted octanol–water partition coefficient (Wildman–Crippen LogP) is 4.23. The molecule has 1 saturated carbocycles. The van der Waals surface area contributed by atoms with Gasteiger partial charge in [-0.15, -0.1) is 0 Å².